The van der Waals surface area contributed by atoms with Crippen molar-refractivity contribution in [1.29, 1.82) is 0 Å². The number of hydrogen-bond acceptors (Lipinski definition) is 4. The molecule has 0 bridgehead atoms. The zero-order chi connectivity index (χ0) is 36.6. The van der Waals surface area contributed by atoms with Gasteiger partial charge in [-0.25, -0.2) is 9.59 Å². The van der Waals surface area contributed by atoms with Crippen molar-refractivity contribution in [3.05, 3.63) is 117 Å². The van der Waals surface area contributed by atoms with E-state index in [0.717, 1.165) is 65.8 Å². The largest absolute Gasteiger partial charge is 0.422 e. The third-order valence-corrected chi connectivity index (χ3v) is 11.1. The lowest BCUT2D eigenvalue weighted by molar-refractivity contribution is 0.562. The summed E-state index contributed by atoms with van der Waals surface area (Å²) in [6, 6.07) is 28.9. The molecule has 4 aromatic carbocycles. The SMILES string of the molecule is Cn1c(-c2cc3c(ccc4cc(C(C)(C)C)ccc43)oc2=O)cc2c1c1c(cc(-c3cc4c(ccc5cc(C(C)(C)C)ccc54)oc3=O)n1C)n2C. The van der Waals surface area contributed by atoms with Gasteiger partial charge in [-0.15, -0.1) is 0 Å². The molecule has 0 aliphatic rings. The Kier molecular flexibility index (Phi) is 6.55. The third kappa shape index (κ3) is 4.58. The second-order valence-electron chi connectivity index (χ2n) is 16.4. The van der Waals surface area contributed by atoms with Crippen LogP contribution in [0.3, 0.4) is 0 Å². The normalized spacial score (nSPS) is 12.9. The predicted molar refractivity (Wildman–Crippen MR) is 214 cm³/mol. The Bertz CT molecular complexity index is 2900. The van der Waals surface area contributed by atoms with Gasteiger partial charge in [0.15, 0.2) is 0 Å². The van der Waals surface area contributed by atoms with E-state index in [4.69, 9.17) is 8.83 Å². The lowest BCUT2D eigenvalue weighted by Gasteiger charge is -2.19. The van der Waals surface area contributed by atoms with Crippen molar-refractivity contribution in [3.8, 4) is 22.5 Å². The monoisotopic (exact) mass is 687 g/mol. The minimum atomic E-state index is -0.386. The topological polar surface area (TPSA) is 75.2 Å². The smallest absolute Gasteiger partial charge is 0.345 e. The van der Waals surface area contributed by atoms with E-state index < -0.39 is 0 Å². The van der Waals surface area contributed by atoms with E-state index in [0.29, 0.717) is 22.3 Å². The average molecular weight is 688 g/mol. The highest BCUT2D eigenvalue weighted by molar-refractivity contribution is 6.11. The zero-order valence-electron chi connectivity index (χ0n) is 31.1. The molecule has 5 heterocycles. The highest BCUT2D eigenvalue weighted by Gasteiger charge is 2.25. The molecule has 0 saturated heterocycles. The van der Waals surface area contributed by atoms with Gasteiger partial charge in [-0.2, -0.15) is 0 Å². The van der Waals surface area contributed by atoms with Crippen molar-refractivity contribution in [1.82, 2.24) is 13.7 Å². The number of rotatable bonds is 2. The van der Waals surface area contributed by atoms with Crippen LogP contribution in [-0.4, -0.2) is 13.7 Å². The van der Waals surface area contributed by atoms with Crippen LogP contribution in [0.2, 0.25) is 0 Å². The summed E-state index contributed by atoms with van der Waals surface area (Å²) in [6.45, 7) is 13.2. The summed E-state index contributed by atoms with van der Waals surface area (Å²) in [5.74, 6) is 0. The maximum Gasteiger partial charge on any atom is 0.345 e. The summed E-state index contributed by atoms with van der Waals surface area (Å²) in [5.41, 5.74) is 9.28. The Morgan fingerprint density at radius 3 is 1.25 bits per heavy atom. The molecule has 0 spiro atoms. The van der Waals surface area contributed by atoms with Crippen molar-refractivity contribution in [2.24, 2.45) is 21.1 Å². The van der Waals surface area contributed by atoms with Crippen LogP contribution in [0.15, 0.2) is 103 Å². The van der Waals surface area contributed by atoms with E-state index in [1.807, 2.05) is 57.5 Å². The first-order valence-electron chi connectivity index (χ1n) is 17.8. The van der Waals surface area contributed by atoms with E-state index >= 15 is 0 Å². The summed E-state index contributed by atoms with van der Waals surface area (Å²) < 4.78 is 18.2. The summed E-state index contributed by atoms with van der Waals surface area (Å²) in [5, 5.41) is 6.09. The molecule has 0 aliphatic heterocycles. The van der Waals surface area contributed by atoms with E-state index in [1.54, 1.807) is 0 Å². The minimum Gasteiger partial charge on any atom is -0.422 e. The fourth-order valence-corrected chi connectivity index (χ4v) is 8.04. The second-order valence-corrected chi connectivity index (χ2v) is 16.4. The molecule has 9 rings (SSSR count). The lowest BCUT2D eigenvalue weighted by atomic mass is 9.85. The number of fused-ring (bicyclic) bond motifs is 9. The molecule has 9 aromatic rings. The molecule has 0 aliphatic carbocycles. The van der Waals surface area contributed by atoms with Gasteiger partial charge in [-0.3, -0.25) is 0 Å². The Balaban J connectivity index is 1.22. The molecule has 52 heavy (non-hydrogen) atoms. The molecule has 0 amide bonds. The highest BCUT2D eigenvalue weighted by Crippen LogP contribution is 2.39. The van der Waals surface area contributed by atoms with Crippen molar-refractivity contribution in [3.63, 3.8) is 0 Å². The maximum atomic E-state index is 13.6. The molecule has 7 nitrogen and oxygen atoms in total. The molecule has 0 radical (unpaired) electrons. The van der Waals surface area contributed by atoms with Crippen LogP contribution in [0.5, 0.6) is 0 Å². The predicted octanol–water partition coefficient (Wildman–Crippen LogP) is 10.5. The van der Waals surface area contributed by atoms with Gasteiger partial charge >= 0.3 is 11.3 Å². The minimum absolute atomic E-state index is 0.0199. The van der Waals surface area contributed by atoms with Gasteiger partial charge in [0.05, 0.1) is 44.6 Å². The first-order chi connectivity index (χ1) is 24.6. The second kappa shape index (κ2) is 10.6. The molecule has 5 aromatic heterocycles. The number of aromatic nitrogens is 3. The van der Waals surface area contributed by atoms with E-state index in [9.17, 15) is 9.59 Å². The first kappa shape index (κ1) is 32.1. The number of aryl methyl sites for hydroxylation is 3. The van der Waals surface area contributed by atoms with E-state index in [2.05, 4.69) is 104 Å². The van der Waals surface area contributed by atoms with Crippen molar-refractivity contribution < 1.29 is 8.83 Å². The van der Waals surface area contributed by atoms with Crippen LogP contribution in [0.1, 0.15) is 52.7 Å². The van der Waals surface area contributed by atoms with Gasteiger partial charge in [0.25, 0.3) is 0 Å². The van der Waals surface area contributed by atoms with Crippen molar-refractivity contribution in [2.45, 2.75) is 52.4 Å². The summed E-state index contributed by atoms with van der Waals surface area (Å²) in [7, 11) is 5.98. The van der Waals surface area contributed by atoms with Gasteiger partial charge in [0, 0.05) is 31.9 Å². The van der Waals surface area contributed by atoms with Gasteiger partial charge < -0.3 is 22.5 Å². The van der Waals surface area contributed by atoms with Crippen LogP contribution < -0.4 is 11.3 Å². The zero-order valence-corrected chi connectivity index (χ0v) is 31.1. The van der Waals surface area contributed by atoms with Crippen LogP contribution in [0, 0.1) is 0 Å². The molecule has 260 valence electrons. The molecule has 0 fully saturated rings. The maximum absolute atomic E-state index is 13.6. The van der Waals surface area contributed by atoms with Crippen LogP contribution in [0.4, 0.5) is 0 Å². The van der Waals surface area contributed by atoms with E-state index in [1.165, 1.54) is 11.1 Å². The quantitative estimate of drug-likeness (QED) is 0.134. The first-order valence-corrected chi connectivity index (χ1v) is 17.8. The number of nitrogens with zero attached hydrogens (tertiary/aromatic N) is 3. The molecule has 7 heteroatoms. The van der Waals surface area contributed by atoms with Gasteiger partial charge in [-0.05, 0) is 79.9 Å². The average Bonchev–Trinajstić information content (AvgIpc) is 3.70. The number of hydrogen-bond donors (Lipinski definition) is 0. The Labute approximate surface area is 300 Å². The fraction of sp³-hybridized carbons (Fsp3) is 0.244. The van der Waals surface area contributed by atoms with Crippen LogP contribution >= 0.6 is 0 Å². The van der Waals surface area contributed by atoms with Gasteiger partial charge in [0.1, 0.15) is 11.2 Å². The van der Waals surface area contributed by atoms with Crippen molar-refractivity contribution >= 4 is 65.6 Å². The molecular formula is C45H41N3O4. The summed E-state index contributed by atoms with van der Waals surface area (Å²) >= 11 is 0. The molecule has 0 N–H and O–H groups in total. The number of benzene rings is 4. The Morgan fingerprint density at radius 2 is 0.865 bits per heavy atom. The lowest BCUT2D eigenvalue weighted by Crippen LogP contribution is -2.10. The van der Waals surface area contributed by atoms with Crippen molar-refractivity contribution in [2.75, 3.05) is 0 Å². The van der Waals surface area contributed by atoms with Crippen LogP contribution in [0.25, 0.3) is 88.1 Å². The molecular weight excluding hydrogens is 647 g/mol. The Morgan fingerprint density at radius 1 is 0.462 bits per heavy atom. The molecule has 0 saturated carbocycles. The standard InChI is InChI=1S/C45H41N3O4/c1-44(2,3)26-12-14-28-24(18-26)10-16-38-30(28)20-32(42(49)51-38)34-22-36-40(47(34)8)41-37(46(36)7)23-35(48(41)9)33-21-31-29-15-13-27(45(4,5)6)19-25(29)11-17-39(31)52-43(33)50/h10-23H,1-9H3. The summed E-state index contributed by atoms with van der Waals surface area (Å²) in [4.78, 5) is 27.2. The summed E-state index contributed by atoms with van der Waals surface area (Å²) in [6.07, 6.45) is 0. The van der Waals surface area contributed by atoms with Gasteiger partial charge in [-0.1, -0.05) is 90.1 Å². The highest BCUT2D eigenvalue weighted by atomic mass is 16.4. The van der Waals surface area contributed by atoms with E-state index in [-0.39, 0.29) is 22.1 Å². The fourth-order valence-electron chi connectivity index (χ4n) is 8.04. The van der Waals surface area contributed by atoms with Crippen LogP contribution in [-0.2, 0) is 32.0 Å². The molecule has 0 unspecified atom stereocenters. The van der Waals surface area contributed by atoms with Gasteiger partial charge in [0.2, 0.25) is 0 Å². The Hall–Kier alpha value is -5.82. The molecule has 0 atom stereocenters. The third-order valence-electron chi connectivity index (χ3n) is 11.1.